The van der Waals surface area contributed by atoms with E-state index in [1.165, 1.54) is 12.0 Å². The van der Waals surface area contributed by atoms with Gasteiger partial charge in [0, 0.05) is 13.1 Å². The minimum Gasteiger partial charge on any atom is -0.480 e. The molecule has 0 aromatic heterocycles. The van der Waals surface area contributed by atoms with Gasteiger partial charge in [0.2, 0.25) is 0 Å². The molecule has 7 nitrogen and oxygen atoms in total. The monoisotopic (exact) mass is 300 g/mol. The molecule has 21 heavy (non-hydrogen) atoms. The lowest BCUT2D eigenvalue weighted by atomic mass is 9.87. The number of hydrogen-bond acceptors (Lipinski definition) is 4. The van der Waals surface area contributed by atoms with Crippen LogP contribution < -0.4 is 5.32 Å². The number of urea groups is 1. The fourth-order valence-corrected chi connectivity index (χ4v) is 2.45. The Labute approximate surface area is 124 Å². The third-order valence-corrected chi connectivity index (χ3v) is 3.78. The summed E-state index contributed by atoms with van der Waals surface area (Å²) in [5.74, 6) is -1.80. The Bertz CT molecular complexity index is 430. The number of hydrogen-bond donors (Lipinski definition) is 2. The van der Waals surface area contributed by atoms with Crippen LogP contribution in [0.2, 0.25) is 0 Å². The highest BCUT2D eigenvalue weighted by Crippen LogP contribution is 2.25. The average molecular weight is 300 g/mol. The van der Waals surface area contributed by atoms with Crippen LogP contribution >= 0.6 is 0 Å². The number of nitrogens with one attached hydrogen (secondary N) is 1. The second kappa shape index (κ2) is 6.32. The maximum absolute atomic E-state index is 12.2. The SMILES string of the molecule is COC(=O)C1CN(C(=O)N[C@@H](C(=O)O)C(C)(C)C)CC1C. The van der Waals surface area contributed by atoms with E-state index < -0.39 is 23.5 Å². The van der Waals surface area contributed by atoms with Crippen molar-refractivity contribution >= 4 is 18.0 Å². The molecule has 2 N–H and O–H groups in total. The van der Waals surface area contributed by atoms with Crippen molar-refractivity contribution in [3.05, 3.63) is 0 Å². The quantitative estimate of drug-likeness (QED) is 0.756. The Hall–Kier alpha value is -1.79. The third kappa shape index (κ3) is 4.09. The molecule has 120 valence electrons. The minimum atomic E-state index is -1.08. The van der Waals surface area contributed by atoms with E-state index in [1.54, 1.807) is 20.8 Å². The number of carboxylic acid groups (broad SMARTS) is 1. The third-order valence-electron chi connectivity index (χ3n) is 3.78. The molecule has 1 fully saturated rings. The topological polar surface area (TPSA) is 95.9 Å². The van der Waals surface area contributed by atoms with E-state index >= 15 is 0 Å². The predicted molar refractivity (Wildman–Crippen MR) is 75.7 cm³/mol. The number of likely N-dealkylation sites (tertiary alicyclic amines) is 1. The van der Waals surface area contributed by atoms with Gasteiger partial charge in [-0.25, -0.2) is 9.59 Å². The summed E-state index contributed by atoms with van der Waals surface area (Å²) in [4.78, 5) is 36.6. The number of carbonyl (C=O) groups is 3. The molecule has 1 saturated heterocycles. The van der Waals surface area contributed by atoms with E-state index in [4.69, 9.17) is 4.74 Å². The maximum Gasteiger partial charge on any atom is 0.326 e. The molecule has 1 rings (SSSR count). The standard InChI is InChI=1S/C14H24N2O5/c1-8-6-16(7-9(8)12(19)21-5)13(20)15-10(11(17)18)14(2,3)4/h8-10H,6-7H2,1-5H3,(H,15,20)(H,17,18)/t8?,9?,10-/m0/s1. The van der Waals surface area contributed by atoms with Gasteiger partial charge in [-0.15, -0.1) is 0 Å². The Kier molecular flexibility index (Phi) is 5.20. The number of methoxy groups -OCH3 is 1. The summed E-state index contributed by atoms with van der Waals surface area (Å²) in [5.41, 5.74) is -0.603. The predicted octanol–water partition coefficient (Wildman–Crippen LogP) is 0.936. The summed E-state index contributed by atoms with van der Waals surface area (Å²) in [6.45, 7) is 7.76. The van der Waals surface area contributed by atoms with Crippen LogP contribution in [0.25, 0.3) is 0 Å². The molecule has 2 amide bonds. The molecule has 1 heterocycles. The van der Waals surface area contributed by atoms with Crippen molar-refractivity contribution < 1.29 is 24.2 Å². The zero-order chi connectivity index (χ0) is 16.4. The van der Waals surface area contributed by atoms with Crippen LogP contribution in [0.4, 0.5) is 4.79 Å². The lowest BCUT2D eigenvalue weighted by Crippen LogP contribution is -2.53. The summed E-state index contributed by atoms with van der Waals surface area (Å²) < 4.78 is 4.71. The van der Waals surface area contributed by atoms with E-state index in [1.807, 2.05) is 6.92 Å². The Morgan fingerprint density at radius 2 is 1.86 bits per heavy atom. The van der Waals surface area contributed by atoms with Crippen LogP contribution in [0, 0.1) is 17.3 Å². The minimum absolute atomic E-state index is 0.0129. The highest BCUT2D eigenvalue weighted by atomic mass is 16.5. The Balaban J connectivity index is 2.73. The van der Waals surface area contributed by atoms with Gasteiger partial charge in [0.15, 0.2) is 0 Å². The van der Waals surface area contributed by atoms with Gasteiger partial charge in [-0.3, -0.25) is 4.79 Å². The summed E-state index contributed by atoms with van der Waals surface area (Å²) >= 11 is 0. The summed E-state index contributed by atoms with van der Waals surface area (Å²) in [6, 6.07) is -1.45. The number of esters is 1. The molecule has 7 heteroatoms. The van der Waals surface area contributed by atoms with E-state index in [9.17, 15) is 19.5 Å². The second-order valence-electron chi connectivity index (χ2n) is 6.60. The van der Waals surface area contributed by atoms with Crippen molar-refractivity contribution in [2.45, 2.75) is 33.7 Å². The summed E-state index contributed by atoms with van der Waals surface area (Å²) in [6.07, 6.45) is 0. The van der Waals surface area contributed by atoms with E-state index in [2.05, 4.69) is 5.32 Å². The molecule has 0 saturated carbocycles. The van der Waals surface area contributed by atoms with Crippen LogP contribution in [-0.4, -0.2) is 54.2 Å². The second-order valence-corrected chi connectivity index (χ2v) is 6.60. The molecule has 2 unspecified atom stereocenters. The molecule has 0 aliphatic carbocycles. The molecule has 0 bridgehead atoms. The van der Waals surface area contributed by atoms with Crippen LogP contribution in [-0.2, 0) is 14.3 Å². The van der Waals surface area contributed by atoms with Gasteiger partial charge >= 0.3 is 18.0 Å². The number of aliphatic carboxylic acids is 1. The number of ether oxygens (including phenoxy) is 1. The highest BCUT2D eigenvalue weighted by Gasteiger charge is 2.40. The van der Waals surface area contributed by atoms with Crippen molar-refractivity contribution in [3.8, 4) is 0 Å². The number of rotatable bonds is 3. The van der Waals surface area contributed by atoms with Gasteiger partial charge in [0.25, 0.3) is 0 Å². The smallest absolute Gasteiger partial charge is 0.326 e. The van der Waals surface area contributed by atoms with Crippen molar-refractivity contribution in [3.63, 3.8) is 0 Å². The van der Waals surface area contributed by atoms with Gasteiger partial charge in [-0.1, -0.05) is 27.7 Å². The molecular weight excluding hydrogens is 276 g/mol. The number of carboxylic acids is 1. The van der Waals surface area contributed by atoms with Crippen molar-refractivity contribution in [1.82, 2.24) is 10.2 Å². The zero-order valence-corrected chi connectivity index (χ0v) is 13.2. The average Bonchev–Trinajstić information content (AvgIpc) is 2.75. The molecule has 1 aliphatic heterocycles. The first-order valence-electron chi connectivity index (χ1n) is 6.94. The molecule has 1 aliphatic rings. The van der Waals surface area contributed by atoms with Gasteiger partial charge in [0.1, 0.15) is 6.04 Å². The van der Waals surface area contributed by atoms with Gasteiger partial charge in [-0.05, 0) is 11.3 Å². The van der Waals surface area contributed by atoms with E-state index in [0.717, 1.165) is 0 Å². The van der Waals surface area contributed by atoms with Gasteiger partial charge < -0.3 is 20.1 Å². The van der Waals surface area contributed by atoms with E-state index in [-0.39, 0.29) is 24.3 Å². The van der Waals surface area contributed by atoms with E-state index in [0.29, 0.717) is 6.54 Å². The molecule has 3 atom stereocenters. The van der Waals surface area contributed by atoms with Crippen LogP contribution in [0.1, 0.15) is 27.7 Å². The molecule has 0 aromatic carbocycles. The largest absolute Gasteiger partial charge is 0.480 e. The zero-order valence-electron chi connectivity index (χ0n) is 13.2. The lowest BCUT2D eigenvalue weighted by Gasteiger charge is -2.29. The molecular formula is C14H24N2O5. The van der Waals surface area contributed by atoms with Crippen LogP contribution in [0.15, 0.2) is 0 Å². The molecule has 0 spiro atoms. The first-order valence-corrected chi connectivity index (χ1v) is 6.94. The maximum atomic E-state index is 12.2. The molecule has 0 radical (unpaired) electrons. The molecule has 0 aromatic rings. The fraction of sp³-hybridized carbons (Fsp3) is 0.786. The van der Waals surface area contributed by atoms with Crippen molar-refractivity contribution in [1.29, 1.82) is 0 Å². The van der Waals surface area contributed by atoms with Crippen molar-refractivity contribution in [2.75, 3.05) is 20.2 Å². The van der Waals surface area contributed by atoms with Gasteiger partial charge in [-0.2, -0.15) is 0 Å². The first kappa shape index (κ1) is 17.3. The normalized spacial score (nSPS) is 23.6. The Morgan fingerprint density at radius 1 is 1.29 bits per heavy atom. The summed E-state index contributed by atoms with van der Waals surface area (Å²) in [7, 11) is 1.32. The van der Waals surface area contributed by atoms with Crippen LogP contribution in [0.3, 0.4) is 0 Å². The number of nitrogens with zero attached hydrogens (tertiary/aromatic N) is 1. The highest BCUT2D eigenvalue weighted by molar-refractivity contribution is 5.84. The lowest BCUT2D eigenvalue weighted by molar-refractivity contribution is -0.146. The number of carbonyl (C=O) groups excluding carboxylic acids is 2. The summed E-state index contributed by atoms with van der Waals surface area (Å²) in [5, 5.41) is 11.8. The number of amides is 2. The first-order chi connectivity index (χ1) is 9.57. The fourth-order valence-electron chi connectivity index (χ4n) is 2.45. The van der Waals surface area contributed by atoms with Crippen molar-refractivity contribution in [2.24, 2.45) is 17.3 Å². The van der Waals surface area contributed by atoms with Gasteiger partial charge in [0.05, 0.1) is 13.0 Å². The van der Waals surface area contributed by atoms with Crippen LogP contribution in [0.5, 0.6) is 0 Å². The Morgan fingerprint density at radius 3 is 2.29 bits per heavy atom.